The van der Waals surface area contributed by atoms with Crippen LogP contribution in [0.1, 0.15) is 20.3 Å². The van der Waals surface area contributed by atoms with Crippen LogP contribution in [0.5, 0.6) is 0 Å². The molecule has 2 aliphatic rings. The number of rotatable bonds is 1. The number of ether oxygens (including phenoxy) is 1. The third-order valence-corrected chi connectivity index (χ3v) is 2.96. The molecule has 0 aromatic heterocycles. The molecular formula is C10H20N2O. The van der Waals surface area contributed by atoms with Crippen molar-refractivity contribution in [1.82, 2.24) is 10.6 Å². The quantitative estimate of drug-likeness (QED) is 0.625. The molecule has 3 heteroatoms. The second-order valence-electron chi connectivity index (χ2n) is 5.03. The minimum Gasteiger partial charge on any atom is -0.362 e. The molecule has 0 aromatic rings. The van der Waals surface area contributed by atoms with Crippen molar-refractivity contribution in [2.24, 2.45) is 11.3 Å². The van der Waals surface area contributed by atoms with Crippen molar-refractivity contribution < 1.29 is 4.74 Å². The molecule has 2 unspecified atom stereocenters. The van der Waals surface area contributed by atoms with Crippen LogP contribution in [-0.2, 0) is 4.74 Å². The van der Waals surface area contributed by atoms with Crippen molar-refractivity contribution in [1.29, 1.82) is 0 Å². The first-order valence-electron chi connectivity index (χ1n) is 5.23. The molecule has 2 aliphatic heterocycles. The average molecular weight is 184 g/mol. The highest BCUT2D eigenvalue weighted by Crippen LogP contribution is 2.24. The molecule has 2 atom stereocenters. The van der Waals surface area contributed by atoms with Crippen LogP contribution in [0.2, 0.25) is 0 Å². The standard InChI is InChI=1S/C10H20N2O/c1-10(2)6-12-9(13-7-10)8-3-4-11-5-8/h8-9,11-12H,3-7H2,1-2H3. The molecule has 0 aromatic carbocycles. The third-order valence-electron chi connectivity index (χ3n) is 2.96. The summed E-state index contributed by atoms with van der Waals surface area (Å²) in [5.41, 5.74) is 0.308. The highest BCUT2D eigenvalue weighted by Gasteiger charge is 2.32. The van der Waals surface area contributed by atoms with E-state index in [2.05, 4.69) is 24.5 Å². The molecule has 0 aliphatic carbocycles. The van der Waals surface area contributed by atoms with Crippen LogP contribution < -0.4 is 10.6 Å². The Morgan fingerprint density at radius 1 is 1.38 bits per heavy atom. The van der Waals surface area contributed by atoms with Gasteiger partial charge in [0.05, 0.1) is 6.61 Å². The second kappa shape index (κ2) is 3.56. The first-order valence-corrected chi connectivity index (χ1v) is 5.23. The van der Waals surface area contributed by atoms with Gasteiger partial charge < -0.3 is 10.1 Å². The van der Waals surface area contributed by atoms with Crippen LogP contribution in [0.4, 0.5) is 0 Å². The van der Waals surface area contributed by atoms with Gasteiger partial charge in [0.2, 0.25) is 0 Å². The van der Waals surface area contributed by atoms with Gasteiger partial charge in [-0.05, 0) is 13.0 Å². The number of hydrogen-bond donors (Lipinski definition) is 2. The number of hydrogen-bond acceptors (Lipinski definition) is 3. The fourth-order valence-electron chi connectivity index (χ4n) is 2.04. The molecule has 3 nitrogen and oxygen atoms in total. The van der Waals surface area contributed by atoms with Crippen LogP contribution in [-0.4, -0.2) is 32.5 Å². The minimum atomic E-state index is 0.294. The zero-order valence-corrected chi connectivity index (χ0v) is 8.60. The van der Waals surface area contributed by atoms with Crippen LogP contribution in [0, 0.1) is 11.3 Å². The van der Waals surface area contributed by atoms with Crippen LogP contribution >= 0.6 is 0 Å². The predicted octanol–water partition coefficient (Wildman–Crippen LogP) is 0.568. The molecule has 13 heavy (non-hydrogen) atoms. The molecule has 0 amide bonds. The Labute approximate surface area is 80.2 Å². The van der Waals surface area contributed by atoms with Gasteiger partial charge in [0.1, 0.15) is 6.23 Å². The maximum absolute atomic E-state index is 5.83. The Bertz CT molecular complexity index is 166. The third kappa shape index (κ3) is 2.22. The summed E-state index contributed by atoms with van der Waals surface area (Å²) >= 11 is 0. The van der Waals surface area contributed by atoms with E-state index in [1.165, 1.54) is 6.42 Å². The molecule has 76 valence electrons. The Morgan fingerprint density at radius 2 is 2.23 bits per heavy atom. The molecule has 2 rings (SSSR count). The van der Waals surface area contributed by atoms with Gasteiger partial charge in [0.15, 0.2) is 0 Å². The number of nitrogens with one attached hydrogen (secondary N) is 2. The zero-order valence-electron chi connectivity index (χ0n) is 8.60. The van der Waals surface area contributed by atoms with E-state index in [9.17, 15) is 0 Å². The van der Waals surface area contributed by atoms with E-state index in [1.807, 2.05) is 0 Å². The topological polar surface area (TPSA) is 33.3 Å². The highest BCUT2D eigenvalue weighted by molar-refractivity contribution is 4.84. The smallest absolute Gasteiger partial charge is 0.112 e. The maximum atomic E-state index is 5.83. The van der Waals surface area contributed by atoms with E-state index in [0.29, 0.717) is 17.6 Å². The monoisotopic (exact) mass is 184 g/mol. The summed E-state index contributed by atoms with van der Waals surface area (Å²) in [7, 11) is 0. The van der Waals surface area contributed by atoms with Gasteiger partial charge in [0.25, 0.3) is 0 Å². The largest absolute Gasteiger partial charge is 0.362 e. The lowest BCUT2D eigenvalue weighted by molar-refractivity contribution is -0.0811. The van der Waals surface area contributed by atoms with E-state index in [-0.39, 0.29) is 0 Å². The first kappa shape index (κ1) is 9.44. The normalized spacial score (nSPS) is 39.2. The van der Waals surface area contributed by atoms with Crippen molar-refractivity contribution in [2.45, 2.75) is 26.5 Å². The summed E-state index contributed by atoms with van der Waals surface area (Å²) < 4.78 is 5.83. The van der Waals surface area contributed by atoms with E-state index < -0.39 is 0 Å². The summed E-state index contributed by atoms with van der Waals surface area (Å²) in [6.07, 6.45) is 1.54. The summed E-state index contributed by atoms with van der Waals surface area (Å²) in [4.78, 5) is 0. The SMILES string of the molecule is CC1(C)CNC(C2CCNC2)OC1. The van der Waals surface area contributed by atoms with Crippen molar-refractivity contribution >= 4 is 0 Å². The van der Waals surface area contributed by atoms with E-state index >= 15 is 0 Å². The molecule has 0 saturated carbocycles. The minimum absolute atomic E-state index is 0.294. The summed E-state index contributed by atoms with van der Waals surface area (Å²) in [6, 6.07) is 0. The van der Waals surface area contributed by atoms with Crippen molar-refractivity contribution in [3.63, 3.8) is 0 Å². The van der Waals surface area contributed by atoms with Crippen molar-refractivity contribution in [2.75, 3.05) is 26.2 Å². The lowest BCUT2D eigenvalue weighted by Crippen LogP contribution is -2.51. The molecule has 0 radical (unpaired) electrons. The van der Waals surface area contributed by atoms with Crippen molar-refractivity contribution in [3.8, 4) is 0 Å². The maximum Gasteiger partial charge on any atom is 0.112 e. The van der Waals surface area contributed by atoms with Gasteiger partial charge in [-0.25, -0.2) is 0 Å². The molecule has 2 N–H and O–H groups in total. The van der Waals surface area contributed by atoms with Gasteiger partial charge >= 0.3 is 0 Å². The lowest BCUT2D eigenvalue weighted by atomic mass is 9.92. The molecule has 2 saturated heterocycles. The Hall–Kier alpha value is -0.120. The van der Waals surface area contributed by atoms with Crippen LogP contribution in [0.15, 0.2) is 0 Å². The summed E-state index contributed by atoms with van der Waals surface area (Å²) in [5.74, 6) is 0.677. The van der Waals surface area contributed by atoms with Gasteiger partial charge in [-0.15, -0.1) is 0 Å². The molecular weight excluding hydrogens is 164 g/mol. The van der Waals surface area contributed by atoms with Gasteiger partial charge in [-0.1, -0.05) is 13.8 Å². The van der Waals surface area contributed by atoms with Crippen LogP contribution in [0.3, 0.4) is 0 Å². The molecule has 2 fully saturated rings. The molecule has 2 heterocycles. The van der Waals surface area contributed by atoms with Crippen LogP contribution in [0.25, 0.3) is 0 Å². The Balaban J connectivity index is 1.83. The van der Waals surface area contributed by atoms with Gasteiger partial charge in [-0.3, -0.25) is 5.32 Å². The highest BCUT2D eigenvalue weighted by atomic mass is 16.5. The lowest BCUT2D eigenvalue weighted by Gasteiger charge is -2.37. The summed E-state index contributed by atoms with van der Waals surface area (Å²) in [5, 5.41) is 6.86. The predicted molar refractivity (Wildman–Crippen MR) is 52.5 cm³/mol. The first-order chi connectivity index (χ1) is 6.17. The fourth-order valence-corrected chi connectivity index (χ4v) is 2.04. The van der Waals surface area contributed by atoms with E-state index in [1.54, 1.807) is 0 Å². The van der Waals surface area contributed by atoms with Gasteiger partial charge in [-0.2, -0.15) is 0 Å². The molecule has 0 spiro atoms. The average Bonchev–Trinajstić information content (AvgIpc) is 2.56. The summed E-state index contributed by atoms with van der Waals surface area (Å²) in [6.45, 7) is 8.70. The Kier molecular flexibility index (Phi) is 2.58. The fraction of sp³-hybridized carbons (Fsp3) is 1.00. The molecule has 0 bridgehead atoms. The van der Waals surface area contributed by atoms with E-state index in [4.69, 9.17) is 4.74 Å². The second-order valence-corrected chi connectivity index (χ2v) is 5.03. The Morgan fingerprint density at radius 3 is 2.77 bits per heavy atom. The van der Waals surface area contributed by atoms with Gasteiger partial charge in [0, 0.05) is 24.4 Å². The van der Waals surface area contributed by atoms with E-state index in [0.717, 1.165) is 26.2 Å². The van der Waals surface area contributed by atoms with Crippen molar-refractivity contribution in [3.05, 3.63) is 0 Å². The zero-order chi connectivity index (χ0) is 9.31.